The molecule has 0 atom stereocenters. The molecule has 0 bridgehead atoms. The van der Waals surface area contributed by atoms with Crippen LogP contribution in [0.15, 0.2) is 0 Å². The summed E-state index contributed by atoms with van der Waals surface area (Å²) < 4.78 is 58.2. The van der Waals surface area contributed by atoms with E-state index in [0.29, 0.717) is 0 Å². The van der Waals surface area contributed by atoms with Crippen molar-refractivity contribution >= 4 is 20.4 Å². The third-order valence-electron chi connectivity index (χ3n) is 0.555. The minimum atomic E-state index is -5.55. The monoisotopic (exact) mass is 195 g/mol. The van der Waals surface area contributed by atoms with Crippen LogP contribution in [0.4, 0.5) is 7.77 Å². The maximum absolute atomic E-state index is 11.5. The Morgan fingerprint density at radius 3 is 1.20 bits per heavy atom. The predicted octanol–water partition coefficient (Wildman–Crippen LogP) is -1.17. The molecule has 0 aliphatic rings. The van der Waals surface area contributed by atoms with Crippen molar-refractivity contribution in [2.75, 3.05) is 0 Å². The molecule has 0 aromatic rings. The van der Waals surface area contributed by atoms with Crippen molar-refractivity contribution in [3.8, 4) is 0 Å². The van der Waals surface area contributed by atoms with Crippen molar-refractivity contribution in [2.45, 2.75) is 4.71 Å². The molecule has 9 heteroatoms. The summed E-state index contributed by atoms with van der Waals surface area (Å²) >= 11 is 0. The van der Waals surface area contributed by atoms with Crippen molar-refractivity contribution < 1.29 is 24.6 Å². The van der Waals surface area contributed by atoms with Crippen LogP contribution in [-0.4, -0.2) is 21.5 Å². The van der Waals surface area contributed by atoms with Gasteiger partial charge in [-0.25, -0.2) is 0 Å². The van der Waals surface area contributed by atoms with E-state index in [1.54, 1.807) is 0 Å². The second-order valence-corrected chi connectivity index (χ2v) is 4.54. The highest BCUT2D eigenvalue weighted by Gasteiger charge is 2.34. The van der Waals surface area contributed by atoms with Crippen LogP contribution >= 0.6 is 0 Å². The molecule has 0 rings (SSSR count). The molecule has 0 aromatic heterocycles. The van der Waals surface area contributed by atoms with Crippen LogP contribution in [-0.2, 0) is 20.4 Å². The highest BCUT2D eigenvalue weighted by molar-refractivity contribution is 8.04. The summed E-state index contributed by atoms with van der Waals surface area (Å²) in [4.78, 5) is 0. The highest BCUT2D eigenvalue weighted by Crippen LogP contribution is 2.06. The Labute approximate surface area is 56.3 Å². The van der Waals surface area contributed by atoms with Crippen LogP contribution in [0, 0.1) is 0 Å². The molecule has 0 saturated carbocycles. The molecular formula is CH3F2NO4S2. The van der Waals surface area contributed by atoms with Gasteiger partial charge in [-0.15, -0.1) is 7.77 Å². The highest BCUT2D eigenvalue weighted by atomic mass is 32.3. The van der Waals surface area contributed by atoms with E-state index >= 15 is 0 Å². The molecular weight excluding hydrogens is 192 g/mol. The normalized spacial score (nSPS) is 14.0. The first-order valence-corrected chi connectivity index (χ1v) is 4.67. The lowest BCUT2D eigenvalue weighted by Gasteiger charge is -1.97. The lowest BCUT2D eigenvalue weighted by Crippen LogP contribution is -2.33. The summed E-state index contributed by atoms with van der Waals surface area (Å²) in [5.74, 6) is 0. The summed E-state index contributed by atoms with van der Waals surface area (Å²) in [6, 6.07) is 0. The molecule has 0 amide bonds. The second-order valence-electron chi connectivity index (χ2n) is 1.32. The second kappa shape index (κ2) is 2.40. The molecule has 0 radical (unpaired) electrons. The first kappa shape index (κ1) is 9.72. The van der Waals surface area contributed by atoms with Crippen LogP contribution in [0.25, 0.3) is 0 Å². The third kappa shape index (κ3) is 2.54. The van der Waals surface area contributed by atoms with Gasteiger partial charge in [-0.05, 0) is 0 Å². The third-order valence-corrected chi connectivity index (χ3v) is 3.04. The molecule has 0 heterocycles. The number of halogens is 2. The van der Waals surface area contributed by atoms with E-state index in [1.807, 2.05) is 0 Å². The molecule has 0 saturated heterocycles. The zero-order valence-corrected chi connectivity index (χ0v) is 5.99. The quantitative estimate of drug-likeness (QED) is 0.560. The lowest BCUT2D eigenvalue weighted by molar-refractivity contribution is 0.526. The first-order valence-electron chi connectivity index (χ1n) is 1.78. The van der Waals surface area contributed by atoms with Crippen molar-refractivity contribution in [3.63, 3.8) is 0 Å². The summed E-state index contributed by atoms with van der Waals surface area (Å²) in [6.07, 6.45) is 0. The zero-order valence-electron chi connectivity index (χ0n) is 4.36. The van der Waals surface area contributed by atoms with Crippen molar-refractivity contribution in [1.82, 2.24) is 0 Å². The van der Waals surface area contributed by atoms with Gasteiger partial charge in [-0.1, -0.05) is 0 Å². The van der Waals surface area contributed by atoms with Gasteiger partial charge in [0.1, 0.15) is 0 Å². The molecule has 62 valence electrons. The Hall–Kier alpha value is -0.280. The van der Waals surface area contributed by atoms with Crippen LogP contribution in [0.1, 0.15) is 0 Å². The summed E-state index contributed by atoms with van der Waals surface area (Å²) in [7, 11) is -11.1. The average Bonchev–Trinajstić information content (AvgIpc) is 1.59. The van der Waals surface area contributed by atoms with E-state index in [-0.39, 0.29) is 0 Å². The van der Waals surface area contributed by atoms with Gasteiger partial charge in [-0.3, -0.25) is 5.73 Å². The Kier molecular flexibility index (Phi) is 2.33. The fourth-order valence-electron chi connectivity index (χ4n) is 0.137. The SMILES string of the molecule is NC(S(=O)(=O)F)S(=O)(=O)F. The van der Waals surface area contributed by atoms with Crippen LogP contribution < -0.4 is 5.73 Å². The Morgan fingerprint density at radius 1 is 1.00 bits per heavy atom. The molecule has 0 aliphatic heterocycles. The number of nitrogens with two attached hydrogens (primary N) is 1. The molecule has 0 fully saturated rings. The summed E-state index contributed by atoms with van der Waals surface area (Å²) in [6.45, 7) is 0. The average molecular weight is 195 g/mol. The maximum Gasteiger partial charge on any atom is 0.336 e. The molecule has 0 unspecified atom stereocenters. The molecule has 0 spiro atoms. The fraction of sp³-hybridized carbons (Fsp3) is 1.00. The maximum atomic E-state index is 11.5. The minimum Gasteiger partial charge on any atom is -0.298 e. The van der Waals surface area contributed by atoms with Gasteiger partial charge in [-0.2, -0.15) is 16.8 Å². The molecule has 5 nitrogen and oxygen atoms in total. The zero-order chi connectivity index (χ0) is 8.58. The number of hydrogen-bond acceptors (Lipinski definition) is 5. The van der Waals surface area contributed by atoms with E-state index in [9.17, 15) is 24.6 Å². The molecule has 0 aromatic carbocycles. The van der Waals surface area contributed by atoms with Gasteiger partial charge in [0.15, 0.2) is 0 Å². The van der Waals surface area contributed by atoms with Gasteiger partial charge in [0, 0.05) is 0 Å². The van der Waals surface area contributed by atoms with E-state index in [0.717, 1.165) is 0 Å². The van der Waals surface area contributed by atoms with Crippen molar-refractivity contribution in [3.05, 3.63) is 0 Å². The van der Waals surface area contributed by atoms with Crippen LogP contribution in [0.2, 0.25) is 0 Å². The standard InChI is InChI=1S/CH3F2NO4S2/c2-9(5,6)1(4)10(3,7)8/h1H,4H2. The minimum absolute atomic E-state index is 3.13. The van der Waals surface area contributed by atoms with Gasteiger partial charge in [0.25, 0.3) is 4.71 Å². The van der Waals surface area contributed by atoms with E-state index in [4.69, 9.17) is 0 Å². The molecule has 2 N–H and O–H groups in total. The van der Waals surface area contributed by atoms with Crippen LogP contribution in [0.5, 0.6) is 0 Å². The van der Waals surface area contributed by atoms with E-state index in [2.05, 4.69) is 5.73 Å². The largest absolute Gasteiger partial charge is 0.336 e. The number of hydrogen-bond donors (Lipinski definition) is 1. The Bertz CT molecular complexity index is 270. The molecule has 10 heavy (non-hydrogen) atoms. The smallest absolute Gasteiger partial charge is 0.298 e. The topological polar surface area (TPSA) is 94.3 Å². The van der Waals surface area contributed by atoms with Gasteiger partial charge in [0.2, 0.25) is 0 Å². The van der Waals surface area contributed by atoms with Gasteiger partial charge >= 0.3 is 20.4 Å². The first-order chi connectivity index (χ1) is 4.15. The number of rotatable bonds is 2. The van der Waals surface area contributed by atoms with Gasteiger partial charge in [0.05, 0.1) is 0 Å². The summed E-state index contributed by atoms with van der Waals surface area (Å²) in [5, 5.41) is 0. The lowest BCUT2D eigenvalue weighted by atomic mass is 11.5. The summed E-state index contributed by atoms with van der Waals surface area (Å²) in [5.41, 5.74) is 4.10. The Balaban J connectivity index is 4.94. The van der Waals surface area contributed by atoms with Crippen molar-refractivity contribution in [1.29, 1.82) is 0 Å². The fourth-order valence-corrected chi connectivity index (χ4v) is 1.24. The van der Waals surface area contributed by atoms with E-state index in [1.165, 1.54) is 0 Å². The molecule has 0 aliphatic carbocycles. The van der Waals surface area contributed by atoms with Crippen molar-refractivity contribution in [2.24, 2.45) is 5.73 Å². The van der Waals surface area contributed by atoms with Gasteiger partial charge < -0.3 is 0 Å². The predicted molar refractivity (Wildman–Crippen MR) is 28.0 cm³/mol. The van der Waals surface area contributed by atoms with Crippen LogP contribution in [0.3, 0.4) is 0 Å². The van der Waals surface area contributed by atoms with E-state index < -0.39 is 25.2 Å². The Morgan fingerprint density at radius 2 is 1.20 bits per heavy atom.